The number of para-hydroxylation sites is 1. The van der Waals surface area contributed by atoms with Crippen LogP contribution in [0.5, 0.6) is 11.5 Å². The van der Waals surface area contributed by atoms with Gasteiger partial charge >= 0.3 is 0 Å². The summed E-state index contributed by atoms with van der Waals surface area (Å²) in [5.41, 5.74) is 1.21. The van der Waals surface area contributed by atoms with Crippen LogP contribution in [-0.2, 0) is 11.2 Å². The van der Waals surface area contributed by atoms with Crippen molar-refractivity contribution in [2.45, 2.75) is 25.9 Å². The highest BCUT2D eigenvalue weighted by Crippen LogP contribution is 2.24. The van der Waals surface area contributed by atoms with Crippen LogP contribution in [0, 0.1) is 0 Å². The van der Waals surface area contributed by atoms with Crippen molar-refractivity contribution >= 4 is 17.5 Å². The first-order chi connectivity index (χ1) is 11.6. The fourth-order valence-electron chi connectivity index (χ4n) is 2.22. The van der Waals surface area contributed by atoms with Crippen molar-refractivity contribution < 1.29 is 14.3 Å². The standard InChI is InChI=1S/C19H22ClNO3/c1-14(24-18-8-4-3-7-17(18)20)19(22)21-13-5-6-15-9-11-16(23-2)12-10-15/h3-4,7-12,14H,5-6,13H2,1-2H3,(H,21,22). The van der Waals surface area contributed by atoms with Crippen LogP contribution in [0.4, 0.5) is 0 Å². The topological polar surface area (TPSA) is 47.6 Å². The SMILES string of the molecule is COc1ccc(CCCNC(=O)C(C)Oc2ccccc2Cl)cc1. The maximum absolute atomic E-state index is 12.1. The van der Waals surface area contributed by atoms with Gasteiger partial charge in [-0.1, -0.05) is 35.9 Å². The van der Waals surface area contributed by atoms with E-state index in [0.717, 1.165) is 18.6 Å². The molecule has 1 atom stereocenters. The Kier molecular flexibility index (Phi) is 6.94. The van der Waals surface area contributed by atoms with Crippen LogP contribution in [-0.4, -0.2) is 25.7 Å². The molecule has 0 aliphatic carbocycles. The Hall–Kier alpha value is -2.20. The number of carbonyl (C=O) groups is 1. The van der Waals surface area contributed by atoms with Crippen LogP contribution in [0.15, 0.2) is 48.5 Å². The third kappa shape index (κ3) is 5.46. The lowest BCUT2D eigenvalue weighted by Crippen LogP contribution is -2.37. The third-order valence-corrected chi connectivity index (χ3v) is 3.92. The number of hydrogen-bond donors (Lipinski definition) is 1. The van der Waals surface area contributed by atoms with E-state index in [1.165, 1.54) is 5.56 Å². The van der Waals surface area contributed by atoms with Gasteiger partial charge < -0.3 is 14.8 Å². The average molecular weight is 348 g/mol. The summed E-state index contributed by atoms with van der Waals surface area (Å²) in [7, 11) is 1.65. The van der Waals surface area contributed by atoms with E-state index in [2.05, 4.69) is 5.32 Å². The Balaban J connectivity index is 1.71. The van der Waals surface area contributed by atoms with E-state index in [1.807, 2.05) is 36.4 Å². The minimum Gasteiger partial charge on any atom is -0.497 e. The predicted octanol–water partition coefficient (Wildman–Crippen LogP) is 3.86. The Labute approximate surface area is 147 Å². The molecule has 2 aromatic carbocycles. The van der Waals surface area contributed by atoms with Crippen molar-refractivity contribution in [3.05, 3.63) is 59.1 Å². The number of ether oxygens (including phenoxy) is 2. The number of methoxy groups -OCH3 is 1. The number of halogens is 1. The van der Waals surface area contributed by atoms with Gasteiger partial charge in [-0.25, -0.2) is 0 Å². The van der Waals surface area contributed by atoms with Gasteiger partial charge in [0.05, 0.1) is 12.1 Å². The van der Waals surface area contributed by atoms with Crippen LogP contribution in [0.2, 0.25) is 5.02 Å². The number of nitrogens with one attached hydrogen (secondary N) is 1. The van der Waals surface area contributed by atoms with E-state index in [9.17, 15) is 4.79 Å². The van der Waals surface area contributed by atoms with E-state index in [0.29, 0.717) is 17.3 Å². The van der Waals surface area contributed by atoms with Gasteiger partial charge in [-0.05, 0) is 49.6 Å². The van der Waals surface area contributed by atoms with Gasteiger partial charge in [0.15, 0.2) is 6.10 Å². The minimum absolute atomic E-state index is 0.148. The molecule has 0 aliphatic rings. The third-order valence-electron chi connectivity index (χ3n) is 3.61. The summed E-state index contributed by atoms with van der Waals surface area (Å²) in [6, 6.07) is 15.1. The van der Waals surface area contributed by atoms with Crippen LogP contribution >= 0.6 is 11.6 Å². The molecule has 0 aromatic heterocycles. The van der Waals surface area contributed by atoms with Crippen molar-refractivity contribution in [3.63, 3.8) is 0 Å². The normalized spacial score (nSPS) is 11.6. The fraction of sp³-hybridized carbons (Fsp3) is 0.316. The maximum atomic E-state index is 12.1. The zero-order valence-corrected chi connectivity index (χ0v) is 14.7. The van der Waals surface area contributed by atoms with Gasteiger partial charge in [0.1, 0.15) is 11.5 Å². The van der Waals surface area contributed by atoms with Crippen LogP contribution in [0.1, 0.15) is 18.9 Å². The van der Waals surface area contributed by atoms with E-state index >= 15 is 0 Å². The molecule has 2 rings (SSSR count). The first-order valence-corrected chi connectivity index (χ1v) is 8.30. The summed E-state index contributed by atoms with van der Waals surface area (Å²) in [4.78, 5) is 12.1. The summed E-state index contributed by atoms with van der Waals surface area (Å²) >= 11 is 6.02. The first-order valence-electron chi connectivity index (χ1n) is 7.92. The molecule has 0 saturated heterocycles. The molecule has 5 heteroatoms. The lowest BCUT2D eigenvalue weighted by Gasteiger charge is -2.15. The van der Waals surface area contributed by atoms with E-state index < -0.39 is 6.10 Å². The summed E-state index contributed by atoms with van der Waals surface area (Å²) in [6.45, 7) is 2.31. The van der Waals surface area contributed by atoms with Crippen molar-refractivity contribution in [2.24, 2.45) is 0 Å². The number of aryl methyl sites for hydroxylation is 1. The second kappa shape index (κ2) is 9.18. The average Bonchev–Trinajstić information content (AvgIpc) is 2.61. The molecule has 1 amide bonds. The Bertz CT molecular complexity index is 658. The molecular weight excluding hydrogens is 326 g/mol. The number of rotatable bonds is 8. The molecule has 0 fully saturated rings. The van der Waals surface area contributed by atoms with Crippen molar-refractivity contribution in [1.82, 2.24) is 5.32 Å². The van der Waals surface area contributed by atoms with E-state index in [4.69, 9.17) is 21.1 Å². The molecule has 24 heavy (non-hydrogen) atoms. The largest absolute Gasteiger partial charge is 0.497 e. The van der Waals surface area contributed by atoms with Gasteiger partial charge in [-0.2, -0.15) is 0 Å². The van der Waals surface area contributed by atoms with Crippen LogP contribution < -0.4 is 14.8 Å². The lowest BCUT2D eigenvalue weighted by atomic mass is 10.1. The monoisotopic (exact) mass is 347 g/mol. The molecule has 0 aliphatic heterocycles. The molecule has 0 radical (unpaired) electrons. The number of carbonyl (C=O) groups excluding carboxylic acids is 1. The van der Waals surface area contributed by atoms with Crippen molar-refractivity contribution in [3.8, 4) is 11.5 Å². The van der Waals surface area contributed by atoms with Crippen LogP contribution in [0.25, 0.3) is 0 Å². The van der Waals surface area contributed by atoms with E-state index in [-0.39, 0.29) is 5.91 Å². The fourth-order valence-corrected chi connectivity index (χ4v) is 2.40. The van der Waals surface area contributed by atoms with E-state index in [1.54, 1.807) is 26.2 Å². The van der Waals surface area contributed by atoms with Crippen LogP contribution in [0.3, 0.4) is 0 Å². The summed E-state index contributed by atoms with van der Waals surface area (Å²) in [6.07, 6.45) is 1.16. The highest BCUT2D eigenvalue weighted by atomic mass is 35.5. The summed E-state index contributed by atoms with van der Waals surface area (Å²) in [5, 5.41) is 3.38. The molecule has 1 unspecified atom stereocenters. The van der Waals surface area contributed by atoms with Gasteiger partial charge in [-0.3, -0.25) is 4.79 Å². The summed E-state index contributed by atoms with van der Waals surface area (Å²) in [5.74, 6) is 1.21. The molecular formula is C19H22ClNO3. The van der Waals surface area contributed by atoms with Gasteiger partial charge in [0.2, 0.25) is 0 Å². The Morgan fingerprint density at radius 2 is 1.88 bits per heavy atom. The second-order valence-corrected chi connectivity index (χ2v) is 5.84. The Morgan fingerprint density at radius 3 is 2.54 bits per heavy atom. The highest BCUT2D eigenvalue weighted by Gasteiger charge is 2.15. The van der Waals surface area contributed by atoms with Gasteiger partial charge in [0.25, 0.3) is 5.91 Å². The highest BCUT2D eigenvalue weighted by molar-refractivity contribution is 6.32. The summed E-state index contributed by atoms with van der Waals surface area (Å²) < 4.78 is 10.7. The Morgan fingerprint density at radius 1 is 1.17 bits per heavy atom. The number of benzene rings is 2. The zero-order chi connectivity index (χ0) is 17.4. The molecule has 128 valence electrons. The maximum Gasteiger partial charge on any atom is 0.260 e. The smallest absolute Gasteiger partial charge is 0.260 e. The lowest BCUT2D eigenvalue weighted by molar-refractivity contribution is -0.127. The molecule has 0 heterocycles. The molecule has 0 bridgehead atoms. The first kappa shape index (κ1) is 18.1. The predicted molar refractivity (Wildman–Crippen MR) is 95.9 cm³/mol. The van der Waals surface area contributed by atoms with Gasteiger partial charge in [0, 0.05) is 6.54 Å². The molecule has 4 nitrogen and oxygen atoms in total. The van der Waals surface area contributed by atoms with Gasteiger partial charge in [-0.15, -0.1) is 0 Å². The molecule has 0 spiro atoms. The molecule has 2 aromatic rings. The number of amides is 1. The second-order valence-electron chi connectivity index (χ2n) is 5.43. The zero-order valence-electron chi connectivity index (χ0n) is 13.9. The molecule has 1 N–H and O–H groups in total. The van der Waals surface area contributed by atoms with Crippen molar-refractivity contribution in [2.75, 3.05) is 13.7 Å². The minimum atomic E-state index is -0.592. The van der Waals surface area contributed by atoms with Crippen molar-refractivity contribution in [1.29, 1.82) is 0 Å². The molecule has 0 saturated carbocycles. The number of hydrogen-bond acceptors (Lipinski definition) is 3. The quantitative estimate of drug-likeness (QED) is 0.737.